The second-order valence-corrected chi connectivity index (χ2v) is 6.35. The van der Waals surface area contributed by atoms with Crippen LogP contribution in [0.5, 0.6) is 0 Å². The van der Waals surface area contributed by atoms with E-state index in [2.05, 4.69) is 5.32 Å². The first kappa shape index (κ1) is 17.7. The average Bonchev–Trinajstić information content (AvgIpc) is 3.30. The number of aryl methyl sites for hydroxylation is 1. The van der Waals surface area contributed by atoms with Crippen molar-refractivity contribution < 1.29 is 23.9 Å². The molecular weight excluding hydrogens is 336 g/mol. The predicted molar refractivity (Wildman–Crippen MR) is 92.8 cm³/mol. The summed E-state index contributed by atoms with van der Waals surface area (Å²) in [6, 6.07) is 7.45. The molecule has 7 nitrogen and oxygen atoms in total. The third kappa shape index (κ3) is 3.77. The molecular formula is C19H20N2O5. The quantitative estimate of drug-likeness (QED) is 0.855. The zero-order valence-electron chi connectivity index (χ0n) is 14.4. The lowest BCUT2D eigenvalue weighted by atomic mass is 10.0. The highest BCUT2D eigenvalue weighted by Crippen LogP contribution is 2.22. The number of amides is 2. The van der Waals surface area contributed by atoms with Crippen LogP contribution >= 0.6 is 0 Å². The van der Waals surface area contributed by atoms with Crippen LogP contribution < -0.4 is 5.32 Å². The molecule has 1 unspecified atom stereocenters. The average molecular weight is 356 g/mol. The Kier molecular flexibility index (Phi) is 5.06. The van der Waals surface area contributed by atoms with E-state index in [1.54, 1.807) is 25.1 Å². The molecule has 26 heavy (non-hydrogen) atoms. The van der Waals surface area contributed by atoms with Crippen molar-refractivity contribution >= 4 is 17.8 Å². The second-order valence-electron chi connectivity index (χ2n) is 6.35. The number of rotatable bonds is 5. The van der Waals surface area contributed by atoms with E-state index in [1.165, 1.54) is 23.3 Å². The number of furan rings is 1. The van der Waals surface area contributed by atoms with Gasteiger partial charge in [0.2, 0.25) is 5.91 Å². The molecule has 0 spiro atoms. The van der Waals surface area contributed by atoms with E-state index < -0.39 is 12.0 Å². The van der Waals surface area contributed by atoms with Crippen LogP contribution in [0.1, 0.15) is 44.9 Å². The molecule has 1 fully saturated rings. The van der Waals surface area contributed by atoms with Gasteiger partial charge < -0.3 is 19.7 Å². The molecule has 2 aromatic rings. The summed E-state index contributed by atoms with van der Waals surface area (Å²) < 4.78 is 5.19. The molecule has 1 aromatic carbocycles. The van der Waals surface area contributed by atoms with E-state index in [-0.39, 0.29) is 29.5 Å². The van der Waals surface area contributed by atoms with Gasteiger partial charge in [0, 0.05) is 12.1 Å². The number of nitrogens with one attached hydrogen (secondary N) is 1. The van der Waals surface area contributed by atoms with Gasteiger partial charge in [-0.2, -0.15) is 0 Å². The Morgan fingerprint density at radius 3 is 2.73 bits per heavy atom. The zero-order valence-corrected chi connectivity index (χ0v) is 14.4. The lowest BCUT2D eigenvalue weighted by Gasteiger charge is -2.24. The topological polar surface area (TPSA) is 99.9 Å². The molecule has 1 aliphatic rings. The van der Waals surface area contributed by atoms with Gasteiger partial charge in [-0.1, -0.05) is 0 Å². The fraction of sp³-hybridized carbons (Fsp3) is 0.316. The maximum absolute atomic E-state index is 12.9. The normalized spacial score (nSPS) is 16.5. The number of aromatic carboxylic acids is 1. The maximum Gasteiger partial charge on any atom is 0.335 e. The number of benzene rings is 1. The van der Waals surface area contributed by atoms with Gasteiger partial charge in [0.05, 0.1) is 18.4 Å². The molecule has 2 N–H and O–H groups in total. The van der Waals surface area contributed by atoms with Gasteiger partial charge in [0.15, 0.2) is 0 Å². The highest BCUT2D eigenvalue weighted by Gasteiger charge is 2.34. The molecule has 7 heteroatoms. The fourth-order valence-electron chi connectivity index (χ4n) is 3.18. The van der Waals surface area contributed by atoms with Gasteiger partial charge >= 0.3 is 5.97 Å². The maximum atomic E-state index is 12.9. The van der Waals surface area contributed by atoms with Gasteiger partial charge in [-0.15, -0.1) is 0 Å². The van der Waals surface area contributed by atoms with E-state index in [0.29, 0.717) is 24.3 Å². The minimum atomic E-state index is -1.09. The van der Waals surface area contributed by atoms with E-state index in [0.717, 1.165) is 6.42 Å². The first-order valence-corrected chi connectivity index (χ1v) is 8.42. The molecule has 0 radical (unpaired) electrons. The van der Waals surface area contributed by atoms with Crippen LogP contribution in [-0.4, -0.2) is 40.4 Å². The van der Waals surface area contributed by atoms with E-state index in [9.17, 15) is 19.5 Å². The molecule has 0 bridgehead atoms. The van der Waals surface area contributed by atoms with Crippen LogP contribution in [0.15, 0.2) is 41.0 Å². The summed E-state index contributed by atoms with van der Waals surface area (Å²) in [5.41, 5.74) is 1.03. The number of carbonyl (C=O) groups excluding carboxylic acids is 2. The third-order valence-corrected chi connectivity index (χ3v) is 4.40. The number of carboxylic acids is 1. The molecule has 0 saturated carbocycles. The molecule has 1 saturated heterocycles. The molecule has 2 amide bonds. The smallest absolute Gasteiger partial charge is 0.335 e. The highest BCUT2D eigenvalue weighted by atomic mass is 16.4. The van der Waals surface area contributed by atoms with Gasteiger partial charge in [-0.05, 0) is 55.7 Å². The standard InChI is InChI=1S/C19H20N2O5/c1-12-8-13(10-14(9-12)19(24)25)18(23)21-6-2-5-16(21)17(22)20-11-15-4-3-7-26-15/h3-4,7-10,16H,2,5-6,11H2,1H3,(H,20,22)(H,24,25). The van der Waals surface area contributed by atoms with Crippen LogP contribution in [0.3, 0.4) is 0 Å². The summed E-state index contributed by atoms with van der Waals surface area (Å²) in [5, 5.41) is 12.0. The Hall–Kier alpha value is -3.09. The lowest BCUT2D eigenvalue weighted by Crippen LogP contribution is -2.45. The van der Waals surface area contributed by atoms with Crippen LogP contribution in [-0.2, 0) is 11.3 Å². The summed E-state index contributed by atoms with van der Waals surface area (Å²) in [5.74, 6) is -1.01. The van der Waals surface area contributed by atoms with Crippen molar-refractivity contribution in [3.63, 3.8) is 0 Å². The van der Waals surface area contributed by atoms with Crippen molar-refractivity contribution in [2.75, 3.05) is 6.54 Å². The number of hydrogen-bond donors (Lipinski definition) is 2. The SMILES string of the molecule is Cc1cc(C(=O)O)cc(C(=O)N2CCCC2C(=O)NCc2ccco2)c1. The zero-order chi connectivity index (χ0) is 18.7. The fourth-order valence-corrected chi connectivity index (χ4v) is 3.18. The summed E-state index contributed by atoms with van der Waals surface area (Å²) >= 11 is 0. The van der Waals surface area contributed by atoms with Gasteiger partial charge in [0.1, 0.15) is 11.8 Å². The second kappa shape index (κ2) is 7.43. The first-order chi connectivity index (χ1) is 12.5. The Balaban J connectivity index is 1.74. The van der Waals surface area contributed by atoms with Crippen molar-refractivity contribution in [2.24, 2.45) is 0 Å². The molecule has 136 valence electrons. The van der Waals surface area contributed by atoms with E-state index in [4.69, 9.17) is 4.42 Å². The Labute approximate surface area is 150 Å². The number of nitrogens with zero attached hydrogens (tertiary/aromatic N) is 1. The summed E-state index contributed by atoms with van der Waals surface area (Å²) in [6.45, 7) is 2.47. The molecule has 3 rings (SSSR count). The first-order valence-electron chi connectivity index (χ1n) is 8.42. The van der Waals surface area contributed by atoms with Gasteiger partial charge in [-0.25, -0.2) is 4.79 Å². The molecule has 1 atom stereocenters. The van der Waals surface area contributed by atoms with Crippen molar-refractivity contribution in [1.82, 2.24) is 10.2 Å². The number of carboxylic acid groups (broad SMARTS) is 1. The van der Waals surface area contributed by atoms with Crippen molar-refractivity contribution in [3.05, 3.63) is 59.0 Å². The van der Waals surface area contributed by atoms with Crippen molar-refractivity contribution in [2.45, 2.75) is 32.4 Å². The summed E-state index contributed by atoms with van der Waals surface area (Å²) in [4.78, 5) is 38.1. The van der Waals surface area contributed by atoms with Crippen LogP contribution in [0.4, 0.5) is 0 Å². The Morgan fingerprint density at radius 1 is 1.27 bits per heavy atom. The van der Waals surface area contributed by atoms with Crippen molar-refractivity contribution in [1.29, 1.82) is 0 Å². The summed E-state index contributed by atoms with van der Waals surface area (Å²) in [6.07, 6.45) is 2.83. The minimum Gasteiger partial charge on any atom is -0.478 e. The molecule has 1 aliphatic heterocycles. The number of hydrogen-bond acceptors (Lipinski definition) is 4. The molecule has 2 heterocycles. The van der Waals surface area contributed by atoms with Crippen LogP contribution in [0.2, 0.25) is 0 Å². The van der Waals surface area contributed by atoms with Gasteiger partial charge in [0.25, 0.3) is 5.91 Å². The lowest BCUT2D eigenvalue weighted by molar-refractivity contribution is -0.125. The van der Waals surface area contributed by atoms with Gasteiger partial charge in [-0.3, -0.25) is 9.59 Å². The third-order valence-electron chi connectivity index (χ3n) is 4.40. The van der Waals surface area contributed by atoms with E-state index in [1.807, 2.05) is 0 Å². The van der Waals surface area contributed by atoms with Crippen LogP contribution in [0, 0.1) is 6.92 Å². The Morgan fingerprint density at radius 2 is 2.04 bits per heavy atom. The highest BCUT2D eigenvalue weighted by molar-refractivity contribution is 6.00. The number of carbonyl (C=O) groups is 3. The van der Waals surface area contributed by atoms with Crippen LogP contribution in [0.25, 0.3) is 0 Å². The Bertz CT molecular complexity index is 828. The summed E-state index contributed by atoms with van der Waals surface area (Å²) in [7, 11) is 0. The number of likely N-dealkylation sites (tertiary alicyclic amines) is 1. The minimum absolute atomic E-state index is 0.0615. The largest absolute Gasteiger partial charge is 0.478 e. The molecule has 1 aromatic heterocycles. The predicted octanol–water partition coefficient (Wildman–Crippen LogP) is 2.21. The molecule has 0 aliphatic carbocycles. The van der Waals surface area contributed by atoms with Crippen molar-refractivity contribution in [3.8, 4) is 0 Å². The van der Waals surface area contributed by atoms with E-state index >= 15 is 0 Å². The monoisotopic (exact) mass is 356 g/mol.